The molecule has 150 valence electrons. The molecule has 1 aliphatic rings. The molecular formula is C19H20ClF3N4O. The number of amides is 1. The van der Waals surface area contributed by atoms with Crippen LogP contribution >= 0.6 is 11.6 Å². The summed E-state index contributed by atoms with van der Waals surface area (Å²) in [7, 11) is 0. The number of nitrogens with one attached hydrogen (secondary N) is 1. The molecule has 1 atom stereocenters. The van der Waals surface area contributed by atoms with E-state index in [-0.39, 0.29) is 11.9 Å². The minimum absolute atomic E-state index is 0.247. The smallest absolute Gasteiger partial charge is 0.354 e. The van der Waals surface area contributed by atoms with E-state index in [2.05, 4.69) is 10.3 Å². The number of pyridine rings is 1. The summed E-state index contributed by atoms with van der Waals surface area (Å²) >= 11 is 5.90. The summed E-state index contributed by atoms with van der Waals surface area (Å²) in [6.45, 7) is 2.06. The van der Waals surface area contributed by atoms with E-state index in [0.717, 1.165) is 0 Å². The fourth-order valence-corrected chi connectivity index (χ4v) is 3.34. The largest absolute Gasteiger partial charge is 0.401 e. The molecule has 2 aromatic rings. The van der Waals surface area contributed by atoms with Gasteiger partial charge in [-0.15, -0.1) is 0 Å². The molecule has 1 amide bonds. The summed E-state index contributed by atoms with van der Waals surface area (Å²) in [4.78, 5) is 20.0. The van der Waals surface area contributed by atoms with Crippen LogP contribution in [0.2, 0.25) is 5.02 Å². The van der Waals surface area contributed by atoms with E-state index in [1.54, 1.807) is 43.3 Å². The van der Waals surface area contributed by atoms with Gasteiger partial charge in [0, 0.05) is 42.6 Å². The second kappa shape index (κ2) is 8.36. The van der Waals surface area contributed by atoms with Crippen LogP contribution in [0.25, 0.3) is 0 Å². The lowest BCUT2D eigenvalue weighted by Gasteiger charge is -2.40. The van der Waals surface area contributed by atoms with Crippen LogP contribution in [-0.4, -0.2) is 54.2 Å². The van der Waals surface area contributed by atoms with Crippen LogP contribution in [0, 0.1) is 0 Å². The number of rotatable bonds is 4. The third-order valence-electron chi connectivity index (χ3n) is 4.56. The van der Waals surface area contributed by atoms with Crippen molar-refractivity contribution in [2.45, 2.75) is 19.1 Å². The second-order valence-corrected chi connectivity index (χ2v) is 7.19. The van der Waals surface area contributed by atoms with Crippen molar-refractivity contribution in [3.8, 4) is 0 Å². The second-order valence-electron chi connectivity index (χ2n) is 6.75. The van der Waals surface area contributed by atoms with E-state index in [1.165, 1.54) is 11.1 Å². The lowest BCUT2D eigenvalue weighted by atomic mass is 10.2. The SMILES string of the molecule is CC1CN(c2ccc(C(=O)Nc3cccc(Cl)c3)cn2)CCN1CC(F)(F)F. The molecule has 1 N–H and O–H groups in total. The number of alkyl halides is 3. The Morgan fingerprint density at radius 1 is 1.29 bits per heavy atom. The number of carbonyl (C=O) groups excluding carboxylic acids is 1. The molecule has 1 saturated heterocycles. The van der Waals surface area contributed by atoms with Crippen molar-refractivity contribution < 1.29 is 18.0 Å². The highest BCUT2D eigenvalue weighted by Gasteiger charge is 2.35. The van der Waals surface area contributed by atoms with E-state index < -0.39 is 12.7 Å². The van der Waals surface area contributed by atoms with Crippen LogP contribution in [0.1, 0.15) is 17.3 Å². The van der Waals surface area contributed by atoms with Gasteiger partial charge in [0.05, 0.1) is 12.1 Å². The van der Waals surface area contributed by atoms with Crippen LogP contribution in [0.5, 0.6) is 0 Å². The minimum Gasteiger partial charge on any atom is -0.354 e. The van der Waals surface area contributed by atoms with Crippen LogP contribution in [0.3, 0.4) is 0 Å². The minimum atomic E-state index is -4.20. The molecule has 1 unspecified atom stereocenters. The van der Waals surface area contributed by atoms with Crippen molar-refractivity contribution in [1.82, 2.24) is 9.88 Å². The highest BCUT2D eigenvalue weighted by molar-refractivity contribution is 6.30. The fourth-order valence-electron chi connectivity index (χ4n) is 3.15. The van der Waals surface area contributed by atoms with E-state index in [9.17, 15) is 18.0 Å². The third kappa shape index (κ3) is 5.36. The Kier molecular flexibility index (Phi) is 6.10. The fraction of sp³-hybridized carbons (Fsp3) is 0.368. The van der Waals surface area contributed by atoms with Crippen molar-refractivity contribution in [3.05, 3.63) is 53.2 Å². The van der Waals surface area contributed by atoms with Crippen LogP contribution in [0.15, 0.2) is 42.6 Å². The predicted molar refractivity (Wildman–Crippen MR) is 103 cm³/mol. The molecule has 9 heteroatoms. The monoisotopic (exact) mass is 412 g/mol. The van der Waals surface area contributed by atoms with Gasteiger partial charge in [0.2, 0.25) is 0 Å². The van der Waals surface area contributed by atoms with E-state index in [0.29, 0.717) is 41.7 Å². The van der Waals surface area contributed by atoms with Gasteiger partial charge in [-0.3, -0.25) is 9.69 Å². The van der Waals surface area contributed by atoms with Crippen molar-refractivity contribution in [2.75, 3.05) is 36.4 Å². The van der Waals surface area contributed by atoms with E-state index >= 15 is 0 Å². The van der Waals surface area contributed by atoms with Crippen molar-refractivity contribution in [1.29, 1.82) is 0 Å². The highest BCUT2D eigenvalue weighted by atomic mass is 35.5. The molecule has 0 spiro atoms. The summed E-state index contributed by atoms with van der Waals surface area (Å²) < 4.78 is 37.9. The Balaban J connectivity index is 1.61. The van der Waals surface area contributed by atoms with Gasteiger partial charge in [0.1, 0.15) is 5.82 Å². The van der Waals surface area contributed by atoms with Gasteiger partial charge in [0.15, 0.2) is 0 Å². The number of hydrogen-bond donors (Lipinski definition) is 1. The third-order valence-corrected chi connectivity index (χ3v) is 4.80. The zero-order valence-corrected chi connectivity index (χ0v) is 16.0. The zero-order chi connectivity index (χ0) is 20.3. The summed E-state index contributed by atoms with van der Waals surface area (Å²) in [5.41, 5.74) is 0.962. The van der Waals surface area contributed by atoms with E-state index in [4.69, 9.17) is 11.6 Å². The Bertz CT molecular complexity index is 829. The molecule has 1 aromatic carbocycles. The van der Waals surface area contributed by atoms with Crippen LogP contribution in [-0.2, 0) is 0 Å². The molecule has 1 fully saturated rings. The number of piperazine rings is 1. The first kappa shape index (κ1) is 20.4. The van der Waals surface area contributed by atoms with Gasteiger partial charge in [-0.1, -0.05) is 17.7 Å². The summed E-state index contributed by atoms with van der Waals surface area (Å²) in [5, 5.41) is 3.26. The van der Waals surface area contributed by atoms with Crippen LogP contribution in [0.4, 0.5) is 24.7 Å². The number of halogens is 4. The number of carbonyl (C=O) groups is 1. The van der Waals surface area contributed by atoms with Crippen molar-refractivity contribution in [2.24, 2.45) is 0 Å². The molecule has 0 saturated carbocycles. The summed E-state index contributed by atoms with van der Waals surface area (Å²) in [6.07, 6.45) is -2.74. The zero-order valence-electron chi connectivity index (χ0n) is 15.2. The average molecular weight is 413 g/mol. The van der Waals surface area contributed by atoms with Crippen LogP contribution < -0.4 is 10.2 Å². The molecule has 28 heavy (non-hydrogen) atoms. The molecule has 0 bridgehead atoms. The molecule has 0 radical (unpaired) electrons. The molecule has 5 nitrogen and oxygen atoms in total. The van der Waals surface area contributed by atoms with Gasteiger partial charge in [-0.25, -0.2) is 4.98 Å². The first-order chi connectivity index (χ1) is 13.2. The Morgan fingerprint density at radius 3 is 2.68 bits per heavy atom. The average Bonchev–Trinajstić information content (AvgIpc) is 2.62. The normalized spacial score (nSPS) is 18.2. The topological polar surface area (TPSA) is 48.5 Å². The standard InChI is InChI=1S/C19H20ClF3N4O/c1-13-11-26(7-8-27(13)12-19(21,22)23)17-6-5-14(10-24-17)18(28)25-16-4-2-3-15(20)9-16/h2-6,9-10,13H,7-8,11-12H2,1H3,(H,25,28). The highest BCUT2D eigenvalue weighted by Crippen LogP contribution is 2.23. The van der Waals surface area contributed by atoms with Crippen molar-refractivity contribution in [3.63, 3.8) is 0 Å². The maximum absolute atomic E-state index is 12.6. The Hall–Kier alpha value is -2.32. The summed E-state index contributed by atoms with van der Waals surface area (Å²) in [6, 6.07) is 9.93. The Labute approximate surface area is 166 Å². The maximum Gasteiger partial charge on any atom is 0.401 e. The Morgan fingerprint density at radius 2 is 2.07 bits per heavy atom. The molecule has 0 aliphatic carbocycles. The van der Waals surface area contributed by atoms with Crippen molar-refractivity contribution >= 4 is 29.0 Å². The number of anilines is 2. The molecular weight excluding hydrogens is 393 g/mol. The maximum atomic E-state index is 12.6. The lowest BCUT2D eigenvalue weighted by Crippen LogP contribution is -2.54. The predicted octanol–water partition coefficient (Wildman–Crippen LogP) is 4.06. The number of hydrogen-bond acceptors (Lipinski definition) is 4. The lowest BCUT2D eigenvalue weighted by molar-refractivity contribution is -0.150. The van der Waals surface area contributed by atoms with Gasteiger partial charge in [-0.2, -0.15) is 13.2 Å². The number of benzene rings is 1. The first-order valence-electron chi connectivity index (χ1n) is 8.80. The first-order valence-corrected chi connectivity index (χ1v) is 9.18. The quantitative estimate of drug-likeness (QED) is 0.822. The van der Waals surface area contributed by atoms with Gasteiger partial charge < -0.3 is 10.2 Å². The summed E-state index contributed by atoms with van der Waals surface area (Å²) in [5.74, 6) is 0.322. The van der Waals surface area contributed by atoms with Gasteiger partial charge >= 0.3 is 6.18 Å². The number of aromatic nitrogens is 1. The van der Waals surface area contributed by atoms with Gasteiger partial charge in [0.25, 0.3) is 5.91 Å². The van der Waals surface area contributed by atoms with E-state index in [1.807, 2.05) is 4.90 Å². The molecule has 1 aliphatic heterocycles. The van der Waals surface area contributed by atoms with Gasteiger partial charge in [-0.05, 0) is 37.3 Å². The molecule has 2 heterocycles. The number of nitrogens with zero attached hydrogens (tertiary/aromatic N) is 3. The molecule has 1 aromatic heterocycles. The molecule has 3 rings (SSSR count).